The van der Waals surface area contributed by atoms with Crippen LogP contribution in [0.2, 0.25) is 0 Å². The summed E-state index contributed by atoms with van der Waals surface area (Å²) in [6, 6.07) is 9.77. The molecule has 0 aromatic carbocycles. The summed E-state index contributed by atoms with van der Waals surface area (Å²) in [6.07, 6.45) is 5.99. The van der Waals surface area contributed by atoms with Crippen molar-refractivity contribution in [2.24, 2.45) is 0 Å². The van der Waals surface area contributed by atoms with Crippen LogP contribution in [0.5, 0.6) is 0 Å². The Kier molecular flexibility index (Phi) is 5.49. The van der Waals surface area contributed by atoms with Gasteiger partial charge in [0.15, 0.2) is 0 Å². The van der Waals surface area contributed by atoms with Crippen LogP contribution in [0.25, 0.3) is 6.08 Å². The average molecular weight is 351 g/mol. The Morgan fingerprint density at radius 1 is 1.40 bits per heavy atom. The minimum Gasteiger partial charge on any atom is -0.342 e. The van der Waals surface area contributed by atoms with Gasteiger partial charge in [-0.1, -0.05) is 6.07 Å². The maximum Gasteiger partial charge on any atom is 0.246 e. The van der Waals surface area contributed by atoms with E-state index in [0.717, 1.165) is 20.8 Å². The summed E-state index contributed by atoms with van der Waals surface area (Å²) >= 11 is 5.00. The predicted octanol–water partition coefficient (Wildman–Crippen LogP) is 3.62. The van der Waals surface area contributed by atoms with Crippen molar-refractivity contribution in [1.82, 2.24) is 9.88 Å². The van der Waals surface area contributed by atoms with E-state index in [-0.39, 0.29) is 5.91 Å². The van der Waals surface area contributed by atoms with Crippen LogP contribution >= 0.6 is 27.3 Å². The topological polar surface area (TPSA) is 33.2 Å². The first kappa shape index (κ1) is 14.9. The number of pyridine rings is 1. The first-order chi connectivity index (χ1) is 9.65. The smallest absolute Gasteiger partial charge is 0.246 e. The van der Waals surface area contributed by atoms with Gasteiger partial charge < -0.3 is 4.90 Å². The van der Waals surface area contributed by atoms with E-state index in [0.29, 0.717) is 6.54 Å². The minimum absolute atomic E-state index is 0.00505. The fourth-order valence-corrected chi connectivity index (χ4v) is 2.96. The van der Waals surface area contributed by atoms with E-state index in [4.69, 9.17) is 0 Å². The number of carbonyl (C=O) groups is 1. The van der Waals surface area contributed by atoms with Gasteiger partial charge in [0.25, 0.3) is 0 Å². The summed E-state index contributed by atoms with van der Waals surface area (Å²) in [4.78, 5) is 19.0. The molecule has 0 saturated carbocycles. The van der Waals surface area contributed by atoms with E-state index in [2.05, 4.69) is 20.9 Å². The van der Waals surface area contributed by atoms with E-state index >= 15 is 0 Å². The average Bonchev–Trinajstić information content (AvgIpc) is 2.89. The Morgan fingerprint density at radius 3 is 2.90 bits per heavy atom. The third kappa shape index (κ3) is 4.58. The fraction of sp³-hybridized carbons (Fsp3) is 0.200. The molecule has 0 atom stereocenters. The monoisotopic (exact) mass is 350 g/mol. The van der Waals surface area contributed by atoms with Gasteiger partial charge in [0, 0.05) is 42.9 Å². The van der Waals surface area contributed by atoms with Crippen LogP contribution in [0, 0.1) is 0 Å². The van der Waals surface area contributed by atoms with E-state index < -0.39 is 0 Å². The molecule has 0 aliphatic carbocycles. The molecule has 0 radical (unpaired) electrons. The molecule has 5 heteroatoms. The normalized spacial score (nSPS) is 10.9. The lowest BCUT2D eigenvalue weighted by molar-refractivity contribution is -0.124. The Balaban J connectivity index is 1.84. The second kappa shape index (κ2) is 7.36. The molecule has 0 aliphatic rings. The van der Waals surface area contributed by atoms with Crippen molar-refractivity contribution < 1.29 is 4.79 Å². The van der Waals surface area contributed by atoms with Gasteiger partial charge in [0.2, 0.25) is 5.91 Å². The number of carbonyl (C=O) groups excluding carboxylic acids is 1. The lowest BCUT2D eigenvalue weighted by atomic mass is 10.2. The van der Waals surface area contributed by atoms with Crippen molar-refractivity contribution in [1.29, 1.82) is 0 Å². The molecule has 3 nitrogen and oxygen atoms in total. The molecule has 1 amide bonds. The number of aromatic nitrogens is 1. The number of likely N-dealkylation sites (N-methyl/N-ethyl adjacent to an activating group) is 1. The zero-order valence-corrected chi connectivity index (χ0v) is 13.5. The van der Waals surface area contributed by atoms with Gasteiger partial charge in [-0.3, -0.25) is 9.78 Å². The van der Waals surface area contributed by atoms with Crippen molar-refractivity contribution in [2.45, 2.75) is 6.42 Å². The Bertz CT molecular complexity index is 595. The maximum absolute atomic E-state index is 12.0. The molecule has 0 aliphatic heterocycles. The van der Waals surface area contributed by atoms with E-state index in [1.54, 1.807) is 35.6 Å². The van der Waals surface area contributed by atoms with Crippen molar-refractivity contribution in [3.8, 4) is 0 Å². The summed E-state index contributed by atoms with van der Waals surface area (Å²) < 4.78 is 1.06. The predicted molar refractivity (Wildman–Crippen MR) is 86.6 cm³/mol. The maximum atomic E-state index is 12.0. The van der Waals surface area contributed by atoms with Gasteiger partial charge >= 0.3 is 0 Å². The molecule has 20 heavy (non-hydrogen) atoms. The largest absolute Gasteiger partial charge is 0.342 e. The Hall–Kier alpha value is -1.46. The number of hydrogen-bond acceptors (Lipinski definition) is 3. The third-order valence-electron chi connectivity index (χ3n) is 2.79. The highest BCUT2D eigenvalue weighted by atomic mass is 79.9. The molecule has 0 bridgehead atoms. The van der Waals surface area contributed by atoms with E-state index in [1.807, 2.05) is 36.4 Å². The highest BCUT2D eigenvalue weighted by Gasteiger charge is 2.05. The third-order valence-corrected chi connectivity index (χ3v) is 4.38. The Labute approximate surface area is 131 Å². The number of rotatable bonds is 5. The summed E-state index contributed by atoms with van der Waals surface area (Å²) in [7, 11) is 1.81. The summed E-state index contributed by atoms with van der Waals surface area (Å²) in [6.45, 7) is 0.661. The summed E-state index contributed by atoms with van der Waals surface area (Å²) in [5.74, 6) is 0.00505. The lowest BCUT2D eigenvalue weighted by Crippen LogP contribution is -2.27. The van der Waals surface area contributed by atoms with E-state index in [1.165, 1.54) is 0 Å². The molecular weight excluding hydrogens is 336 g/mol. The van der Waals surface area contributed by atoms with Gasteiger partial charge in [-0.2, -0.15) is 0 Å². The standard InChI is InChI=1S/C15H15BrN2OS/c1-18(11-9-12-4-2-3-10-17-12)15(19)8-6-13-5-7-14(16)20-13/h2-8,10H,9,11H2,1H3. The summed E-state index contributed by atoms with van der Waals surface area (Å²) in [5.41, 5.74) is 0.998. The quantitative estimate of drug-likeness (QED) is 0.771. The molecule has 0 fully saturated rings. The SMILES string of the molecule is CN(CCc1ccccn1)C(=O)C=Cc1ccc(Br)s1. The molecule has 0 unspecified atom stereocenters. The zero-order valence-electron chi connectivity index (χ0n) is 11.1. The molecule has 0 saturated heterocycles. The second-order valence-electron chi connectivity index (χ2n) is 4.31. The number of nitrogens with zero attached hydrogens (tertiary/aromatic N) is 2. The molecule has 104 valence electrons. The summed E-state index contributed by atoms with van der Waals surface area (Å²) in [5, 5.41) is 0. The van der Waals surface area contributed by atoms with Crippen LogP contribution in [0.4, 0.5) is 0 Å². The van der Waals surface area contributed by atoms with Gasteiger partial charge in [0.1, 0.15) is 0 Å². The van der Waals surface area contributed by atoms with Crippen molar-refractivity contribution in [3.05, 3.63) is 57.0 Å². The molecular formula is C15H15BrN2OS. The minimum atomic E-state index is 0.00505. The van der Waals surface area contributed by atoms with E-state index in [9.17, 15) is 4.79 Å². The number of amides is 1. The number of halogens is 1. The van der Waals surface area contributed by atoms with Crippen molar-refractivity contribution in [3.63, 3.8) is 0 Å². The fourth-order valence-electron chi connectivity index (χ4n) is 1.64. The second-order valence-corrected chi connectivity index (χ2v) is 6.80. The van der Waals surface area contributed by atoms with Crippen LogP contribution in [0.15, 0.2) is 46.4 Å². The van der Waals surface area contributed by atoms with Crippen LogP contribution in [0.1, 0.15) is 10.6 Å². The lowest BCUT2D eigenvalue weighted by Gasteiger charge is -2.14. The number of hydrogen-bond donors (Lipinski definition) is 0. The van der Waals surface area contributed by atoms with Crippen LogP contribution in [-0.4, -0.2) is 29.4 Å². The molecule has 2 rings (SSSR count). The highest BCUT2D eigenvalue weighted by Crippen LogP contribution is 2.22. The molecule has 2 heterocycles. The molecule has 0 spiro atoms. The van der Waals surface area contributed by atoms with Gasteiger partial charge in [-0.25, -0.2) is 0 Å². The molecule has 0 N–H and O–H groups in total. The van der Waals surface area contributed by atoms with Crippen molar-refractivity contribution in [2.75, 3.05) is 13.6 Å². The van der Waals surface area contributed by atoms with Crippen LogP contribution in [-0.2, 0) is 11.2 Å². The first-order valence-corrected chi connectivity index (χ1v) is 7.84. The van der Waals surface area contributed by atoms with Crippen LogP contribution < -0.4 is 0 Å². The molecule has 2 aromatic rings. The zero-order chi connectivity index (χ0) is 14.4. The Morgan fingerprint density at radius 2 is 2.25 bits per heavy atom. The van der Waals surface area contributed by atoms with Crippen molar-refractivity contribution >= 4 is 39.2 Å². The van der Waals surface area contributed by atoms with Gasteiger partial charge in [-0.05, 0) is 46.3 Å². The first-order valence-electron chi connectivity index (χ1n) is 6.23. The van der Waals surface area contributed by atoms with Gasteiger partial charge in [0.05, 0.1) is 3.79 Å². The highest BCUT2D eigenvalue weighted by molar-refractivity contribution is 9.11. The molecule has 2 aromatic heterocycles. The van der Waals surface area contributed by atoms with Crippen LogP contribution in [0.3, 0.4) is 0 Å². The van der Waals surface area contributed by atoms with Gasteiger partial charge in [-0.15, -0.1) is 11.3 Å². The number of thiophene rings is 1.